The lowest BCUT2D eigenvalue weighted by Crippen LogP contribution is -2.35. The van der Waals surface area contributed by atoms with Crippen LogP contribution in [0.5, 0.6) is 11.5 Å². The number of nitrogens with two attached hydrogens (primary N) is 1. The summed E-state index contributed by atoms with van der Waals surface area (Å²) in [5.74, 6) is 1.36. The van der Waals surface area contributed by atoms with Gasteiger partial charge in [-0.25, -0.2) is 0 Å². The van der Waals surface area contributed by atoms with E-state index in [4.69, 9.17) is 15.2 Å². The molecule has 0 saturated carbocycles. The summed E-state index contributed by atoms with van der Waals surface area (Å²) in [5.41, 5.74) is 6.60. The van der Waals surface area contributed by atoms with E-state index in [0.717, 1.165) is 5.56 Å². The standard InChI is InChI=1S/C10H13NO3/c1-13-7-3-2-4-8-9(7)10(11)6(12)5-14-8/h2-4,6,10,12H,5,11H2,1H3/t6-,10-/m0/s1. The number of ether oxygens (including phenoxy) is 2. The molecule has 1 heterocycles. The average Bonchev–Trinajstić information content (AvgIpc) is 2.23. The minimum Gasteiger partial charge on any atom is -0.496 e. The number of hydrogen-bond acceptors (Lipinski definition) is 4. The van der Waals surface area contributed by atoms with Gasteiger partial charge >= 0.3 is 0 Å². The third kappa shape index (κ3) is 1.32. The molecule has 1 aliphatic rings. The molecular formula is C10H13NO3. The van der Waals surface area contributed by atoms with E-state index in [9.17, 15) is 5.11 Å². The van der Waals surface area contributed by atoms with Gasteiger partial charge in [0.15, 0.2) is 0 Å². The Balaban J connectivity index is 2.49. The van der Waals surface area contributed by atoms with E-state index in [1.165, 1.54) is 0 Å². The lowest BCUT2D eigenvalue weighted by molar-refractivity contribution is 0.0665. The second-order valence-corrected chi connectivity index (χ2v) is 3.28. The predicted molar refractivity (Wildman–Crippen MR) is 51.4 cm³/mol. The third-order valence-electron chi connectivity index (χ3n) is 2.40. The van der Waals surface area contributed by atoms with Crippen molar-refractivity contribution in [2.45, 2.75) is 12.1 Å². The molecule has 14 heavy (non-hydrogen) atoms. The number of aliphatic hydroxyl groups is 1. The first kappa shape index (κ1) is 9.30. The van der Waals surface area contributed by atoms with Crippen molar-refractivity contribution in [3.05, 3.63) is 23.8 Å². The fraction of sp³-hybridized carbons (Fsp3) is 0.400. The second kappa shape index (κ2) is 3.48. The molecule has 4 heteroatoms. The van der Waals surface area contributed by atoms with Crippen LogP contribution in [0.25, 0.3) is 0 Å². The molecule has 1 aromatic rings. The Morgan fingerprint density at radius 2 is 2.36 bits per heavy atom. The molecule has 3 N–H and O–H groups in total. The van der Waals surface area contributed by atoms with Crippen LogP contribution in [0.3, 0.4) is 0 Å². The van der Waals surface area contributed by atoms with Gasteiger partial charge in [0.05, 0.1) is 18.7 Å². The Morgan fingerprint density at radius 1 is 1.57 bits per heavy atom. The van der Waals surface area contributed by atoms with Crippen molar-refractivity contribution in [2.24, 2.45) is 5.73 Å². The van der Waals surface area contributed by atoms with Crippen LogP contribution in [0.2, 0.25) is 0 Å². The van der Waals surface area contributed by atoms with Crippen molar-refractivity contribution in [1.82, 2.24) is 0 Å². The summed E-state index contributed by atoms with van der Waals surface area (Å²) in [6.45, 7) is 0.237. The van der Waals surface area contributed by atoms with Crippen LogP contribution in [0.15, 0.2) is 18.2 Å². The number of rotatable bonds is 1. The molecule has 2 rings (SSSR count). The number of aliphatic hydroxyl groups excluding tert-OH is 1. The Labute approximate surface area is 82.2 Å². The van der Waals surface area contributed by atoms with Gasteiger partial charge in [-0.3, -0.25) is 0 Å². The molecule has 2 atom stereocenters. The molecule has 0 bridgehead atoms. The van der Waals surface area contributed by atoms with Crippen molar-refractivity contribution >= 4 is 0 Å². The van der Waals surface area contributed by atoms with Crippen LogP contribution in [-0.2, 0) is 0 Å². The highest BCUT2D eigenvalue weighted by atomic mass is 16.5. The molecule has 0 radical (unpaired) electrons. The van der Waals surface area contributed by atoms with Gasteiger partial charge in [-0.1, -0.05) is 6.07 Å². The lowest BCUT2D eigenvalue weighted by Gasteiger charge is -2.28. The maximum Gasteiger partial charge on any atom is 0.128 e. The first-order valence-electron chi connectivity index (χ1n) is 4.47. The predicted octanol–water partition coefficient (Wildman–Crippen LogP) is 0.448. The number of methoxy groups -OCH3 is 1. The molecule has 0 fully saturated rings. The largest absolute Gasteiger partial charge is 0.496 e. The topological polar surface area (TPSA) is 64.7 Å². The van der Waals surface area contributed by atoms with Crippen molar-refractivity contribution in [3.8, 4) is 11.5 Å². The van der Waals surface area contributed by atoms with Crippen molar-refractivity contribution in [2.75, 3.05) is 13.7 Å². The van der Waals surface area contributed by atoms with Gasteiger partial charge in [0.2, 0.25) is 0 Å². The first-order valence-corrected chi connectivity index (χ1v) is 4.47. The fourth-order valence-electron chi connectivity index (χ4n) is 1.63. The fourth-order valence-corrected chi connectivity index (χ4v) is 1.63. The Morgan fingerprint density at radius 3 is 3.07 bits per heavy atom. The minimum absolute atomic E-state index is 0.237. The summed E-state index contributed by atoms with van der Waals surface area (Å²) in [6, 6.07) is 5.03. The number of benzene rings is 1. The highest BCUT2D eigenvalue weighted by Gasteiger charge is 2.29. The van der Waals surface area contributed by atoms with Gasteiger partial charge in [0.25, 0.3) is 0 Å². The Kier molecular flexibility index (Phi) is 2.31. The van der Waals surface area contributed by atoms with E-state index in [2.05, 4.69) is 0 Å². The second-order valence-electron chi connectivity index (χ2n) is 3.28. The normalized spacial score (nSPS) is 25.1. The molecule has 0 spiro atoms. The quantitative estimate of drug-likeness (QED) is 0.682. The van der Waals surface area contributed by atoms with E-state index >= 15 is 0 Å². The molecule has 0 aromatic heterocycles. The van der Waals surface area contributed by atoms with E-state index in [-0.39, 0.29) is 6.61 Å². The Hall–Kier alpha value is -1.26. The van der Waals surface area contributed by atoms with E-state index in [1.54, 1.807) is 13.2 Å². The molecular weight excluding hydrogens is 182 g/mol. The van der Waals surface area contributed by atoms with Crippen LogP contribution in [0.4, 0.5) is 0 Å². The van der Waals surface area contributed by atoms with E-state index in [1.807, 2.05) is 12.1 Å². The molecule has 0 saturated heterocycles. The van der Waals surface area contributed by atoms with Crippen LogP contribution in [-0.4, -0.2) is 24.9 Å². The smallest absolute Gasteiger partial charge is 0.128 e. The van der Waals surface area contributed by atoms with Gasteiger partial charge in [-0.15, -0.1) is 0 Å². The summed E-state index contributed by atoms with van der Waals surface area (Å²) < 4.78 is 10.5. The summed E-state index contributed by atoms with van der Waals surface area (Å²) >= 11 is 0. The SMILES string of the molecule is COc1cccc2c1[C@@H](N)[C@@H](O)CO2. The molecule has 1 aliphatic heterocycles. The van der Waals surface area contributed by atoms with E-state index in [0.29, 0.717) is 11.5 Å². The van der Waals surface area contributed by atoms with Gasteiger partial charge in [0, 0.05) is 0 Å². The third-order valence-corrected chi connectivity index (χ3v) is 2.40. The zero-order chi connectivity index (χ0) is 10.1. The van der Waals surface area contributed by atoms with Crippen LogP contribution >= 0.6 is 0 Å². The Bertz CT molecular complexity index is 326. The molecule has 76 valence electrons. The summed E-state index contributed by atoms with van der Waals surface area (Å²) in [7, 11) is 1.57. The number of hydrogen-bond donors (Lipinski definition) is 2. The van der Waals surface area contributed by atoms with Crippen LogP contribution in [0, 0.1) is 0 Å². The van der Waals surface area contributed by atoms with E-state index < -0.39 is 12.1 Å². The zero-order valence-electron chi connectivity index (χ0n) is 7.93. The van der Waals surface area contributed by atoms with Crippen molar-refractivity contribution < 1.29 is 14.6 Å². The minimum atomic E-state index is -0.668. The number of fused-ring (bicyclic) bond motifs is 1. The summed E-state index contributed by atoms with van der Waals surface area (Å²) in [4.78, 5) is 0. The zero-order valence-corrected chi connectivity index (χ0v) is 7.93. The molecule has 0 unspecified atom stereocenters. The molecule has 4 nitrogen and oxygen atoms in total. The monoisotopic (exact) mass is 195 g/mol. The van der Waals surface area contributed by atoms with Crippen LogP contribution in [0.1, 0.15) is 11.6 Å². The first-order chi connectivity index (χ1) is 6.74. The average molecular weight is 195 g/mol. The highest BCUT2D eigenvalue weighted by Crippen LogP contribution is 2.37. The summed E-state index contributed by atoms with van der Waals surface area (Å²) in [6.07, 6.45) is -0.668. The lowest BCUT2D eigenvalue weighted by atomic mass is 9.98. The maximum atomic E-state index is 9.54. The molecule has 0 aliphatic carbocycles. The van der Waals surface area contributed by atoms with Gasteiger partial charge in [-0.05, 0) is 12.1 Å². The van der Waals surface area contributed by atoms with Crippen molar-refractivity contribution in [3.63, 3.8) is 0 Å². The van der Waals surface area contributed by atoms with Gasteiger partial charge in [-0.2, -0.15) is 0 Å². The maximum absolute atomic E-state index is 9.54. The highest BCUT2D eigenvalue weighted by molar-refractivity contribution is 5.48. The van der Waals surface area contributed by atoms with Gasteiger partial charge in [0.1, 0.15) is 24.2 Å². The van der Waals surface area contributed by atoms with Gasteiger partial charge < -0.3 is 20.3 Å². The molecule has 0 amide bonds. The van der Waals surface area contributed by atoms with Crippen LogP contribution < -0.4 is 15.2 Å². The van der Waals surface area contributed by atoms with Crippen molar-refractivity contribution in [1.29, 1.82) is 0 Å². The molecule has 1 aromatic carbocycles. The summed E-state index contributed by atoms with van der Waals surface area (Å²) in [5, 5.41) is 9.54.